The fraction of sp³-hybridized carbons (Fsp3) is 0.533. The molecule has 3 N–H and O–H groups in total. The third-order valence-corrected chi connectivity index (χ3v) is 2.61. The average molecular weight is 264 g/mol. The van der Waals surface area contributed by atoms with Crippen LogP contribution in [-0.2, 0) is 11.2 Å². The summed E-state index contributed by atoms with van der Waals surface area (Å²) in [7, 11) is 0. The normalized spacial score (nSPS) is 13.1. The molecule has 1 atom stereocenters. The fourth-order valence-electron chi connectivity index (χ4n) is 1.80. The van der Waals surface area contributed by atoms with Crippen LogP contribution in [0.25, 0.3) is 0 Å². The number of nitrogens with one attached hydrogen (secondary N) is 2. The molecule has 0 aliphatic carbocycles. The Labute approximate surface area is 115 Å². The minimum absolute atomic E-state index is 0.0116. The maximum Gasteiger partial charge on any atom is 0.234 e. The molecule has 1 amide bonds. The molecule has 1 aromatic rings. The van der Waals surface area contributed by atoms with Crippen molar-refractivity contribution < 1.29 is 9.90 Å². The van der Waals surface area contributed by atoms with E-state index in [9.17, 15) is 9.90 Å². The molecule has 4 heteroatoms. The first-order valence-corrected chi connectivity index (χ1v) is 6.60. The van der Waals surface area contributed by atoms with Gasteiger partial charge in [-0.2, -0.15) is 0 Å². The molecule has 0 saturated carbocycles. The predicted molar refractivity (Wildman–Crippen MR) is 76.9 cm³/mol. The first-order valence-electron chi connectivity index (χ1n) is 6.60. The lowest BCUT2D eigenvalue weighted by Gasteiger charge is -2.22. The molecule has 0 spiro atoms. The highest BCUT2D eigenvalue weighted by atomic mass is 16.3. The van der Waals surface area contributed by atoms with Crippen LogP contribution in [0.15, 0.2) is 30.3 Å². The molecule has 0 aromatic heterocycles. The van der Waals surface area contributed by atoms with E-state index in [1.165, 1.54) is 0 Å². The number of amides is 1. The Morgan fingerprint density at radius 3 is 2.42 bits per heavy atom. The molecule has 0 aliphatic heterocycles. The molecule has 1 aromatic carbocycles. The number of benzene rings is 1. The zero-order valence-electron chi connectivity index (χ0n) is 11.9. The van der Waals surface area contributed by atoms with Gasteiger partial charge in [-0.1, -0.05) is 30.3 Å². The highest BCUT2D eigenvalue weighted by molar-refractivity contribution is 5.78. The summed E-state index contributed by atoms with van der Waals surface area (Å²) in [6.07, 6.45) is 0.708. The van der Waals surface area contributed by atoms with Crippen LogP contribution >= 0.6 is 0 Å². The van der Waals surface area contributed by atoms with E-state index in [2.05, 4.69) is 10.6 Å². The van der Waals surface area contributed by atoms with Gasteiger partial charge in [-0.25, -0.2) is 0 Å². The number of hydrogen-bond donors (Lipinski definition) is 3. The van der Waals surface area contributed by atoms with Crippen molar-refractivity contribution in [1.82, 2.24) is 10.6 Å². The number of aliphatic hydroxyl groups excluding tert-OH is 1. The fourth-order valence-corrected chi connectivity index (χ4v) is 1.80. The molecule has 1 rings (SSSR count). The SMILES string of the molecule is CC(C)(C)NC(=O)CNC(CO)Cc1ccccc1. The van der Waals surface area contributed by atoms with Gasteiger partial charge in [0.2, 0.25) is 5.91 Å². The smallest absolute Gasteiger partial charge is 0.234 e. The van der Waals surface area contributed by atoms with E-state index in [0.29, 0.717) is 6.42 Å². The van der Waals surface area contributed by atoms with E-state index in [4.69, 9.17) is 0 Å². The molecule has 1 unspecified atom stereocenters. The van der Waals surface area contributed by atoms with E-state index in [1.807, 2.05) is 51.1 Å². The predicted octanol–water partition coefficient (Wildman–Crippen LogP) is 1.09. The van der Waals surface area contributed by atoms with Crippen LogP contribution in [0.2, 0.25) is 0 Å². The summed E-state index contributed by atoms with van der Waals surface area (Å²) in [5.74, 6) is -0.0565. The van der Waals surface area contributed by atoms with Crippen molar-refractivity contribution in [2.75, 3.05) is 13.2 Å². The maximum absolute atomic E-state index is 11.7. The van der Waals surface area contributed by atoms with Gasteiger partial charge in [0.25, 0.3) is 0 Å². The summed E-state index contributed by atoms with van der Waals surface area (Å²) in [6, 6.07) is 9.82. The van der Waals surface area contributed by atoms with Crippen molar-refractivity contribution in [3.05, 3.63) is 35.9 Å². The van der Waals surface area contributed by atoms with Gasteiger partial charge < -0.3 is 15.7 Å². The summed E-state index contributed by atoms with van der Waals surface area (Å²) in [4.78, 5) is 11.7. The number of carbonyl (C=O) groups excluding carboxylic acids is 1. The lowest BCUT2D eigenvalue weighted by molar-refractivity contribution is -0.121. The largest absolute Gasteiger partial charge is 0.395 e. The first kappa shape index (κ1) is 15.7. The Morgan fingerprint density at radius 2 is 1.89 bits per heavy atom. The monoisotopic (exact) mass is 264 g/mol. The summed E-state index contributed by atoms with van der Waals surface area (Å²) >= 11 is 0. The van der Waals surface area contributed by atoms with Gasteiger partial charge in [-0.15, -0.1) is 0 Å². The summed E-state index contributed by atoms with van der Waals surface area (Å²) in [5.41, 5.74) is 0.915. The Balaban J connectivity index is 2.39. The number of rotatable bonds is 6. The second-order valence-electron chi connectivity index (χ2n) is 5.75. The number of carbonyl (C=O) groups is 1. The van der Waals surface area contributed by atoms with Crippen LogP contribution < -0.4 is 10.6 Å². The minimum atomic E-state index is -0.229. The van der Waals surface area contributed by atoms with Gasteiger partial charge in [0.15, 0.2) is 0 Å². The summed E-state index contributed by atoms with van der Waals surface area (Å²) in [6.45, 7) is 6.06. The van der Waals surface area contributed by atoms with E-state index in [0.717, 1.165) is 5.56 Å². The highest BCUT2D eigenvalue weighted by Gasteiger charge is 2.15. The molecule has 106 valence electrons. The first-order chi connectivity index (χ1) is 8.90. The van der Waals surface area contributed by atoms with E-state index in [-0.39, 0.29) is 30.6 Å². The van der Waals surface area contributed by atoms with Gasteiger partial charge >= 0.3 is 0 Å². The van der Waals surface area contributed by atoms with E-state index in [1.54, 1.807) is 0 Å². The van der Waals surface area contributed by atoms with Crippen LogP contribution in [-0.4, -0.2) is 35.7 Å². The van der Waals surface area contributed by atoms with Crippen molar-refractivity contribution in [2.45, 2.75) is 38.8 Å². The van der Waals surface area contributed by atoms with Crippen molar-refractivity contribution >= 4 is 5.91 Å². The van der Waals surface area contributed by atoms with Crippen LogP contribution in [0.1, 0.15) is 26.3 Å². The molecule has 19 heavy (non-hydrogen) atoms. The van der Waals surface area contributed by atoms with Gasteiger partial charge in [-0.05, 0) is 32.8 Å². The molecule has 0 aliphatic rings. The van der Waals surface area contributed by atoms with Gasteiger partial charge in [0, 0.05) is 11.6 Å². The lowest BCUT2D eigenvalue weighted by atomic mass is 10.1. The Bertz CT molecular complexity index is 385. The quantitative estimate of drug-likeness (QED) is 0.721. The third-order valence-electron chi connectivity index (χ3n) is 2.61. The lowest BCUT2D eigenvalue weighted by Crippen LogP contribution is -2.47. The molecule has 0 radical (unpaired) electrons. The zero-order chi connectivity index (χ0) is 14.3. The zero-order valence-corrected chi connectivity index (χ0v) is 11.9. The second-order valence-corrected chi connectivity index (χ2v) is 5.75. The van der Waals surface area contributed by atoms with Gasteiger partial charge in [0.05, 0.1) is 13.2 Å². The van der Waals surface area contributed by atoms with Crippen LogP contribution in [0.4, 0.5) is 0 Å². The summed E-state index contributed by atoms with van der Waals surface area (Å²) in [5, 5.41) is 15.3. The van der Waals surface area contributed by atoms with Gasteiger partial charge in [-0.3, -0.25) is 4.79 Å². The molecule has 0 saturated heterocycles. The van der Waals surface area contributed by atoms with Crippen LogP contribution in [0.5, 0.6) is 0 Å². The number of aliphatic hydroxyl groups is 1. The van der Waals surface area contributed by atoms with Crippen molar-refractivity contribution in [3.63, 3.8) is 0 Å². The molecule has 4 nitrogen and oxygen atoms in total. The maximum atomic E-state index is 11.7. The topological polar surface area (TPSA) is 61.4 Å². The molecule has 0 heterocycles. The average Bonchev–Trinajstić information content (AvgIpc) is 2.33. The van der Waals surface area contributed by atoms with Crippen molar-refractivity contribution in [2.24, 2.45) is 0 Å². The number of hydrogen-bond acceptors (Lipinski definition) is 3. The standard InChI is InChI=1S/C15H24N2O2/c1-15(2,3)17-14(19)10-16-13(11-18)9-12-7-5-4-6-8-12/h4-8,13,16,18H,9-11H2,1-3H3,(H,17,19). The van der Waals surface area contributed by atoms with Crippen LogP contribution in [0.3, 0.4) is 0 Å². The minimum Gasteiger partial charge on any atom is -0.395 e. The Hall–Kier alpha value is -1.39. The van der Waals surface area contributed by atoms with Gasteiger partial charge in [0.1, 0.15) is 0 Å². The van der Waals surface area contributed by atoms with E-state index >= 15 is 0 Å². The summed E-state index contributed by atoms with van der Waals surface area (Å²) < 4.78 is 0. The second kappa shape index (κ2) is 7.26. The Morgan fingerprint density at radius 1 is 1.26 bits per heavy atom. The van der Waals surface area contributed by atoms with Crippen molar-refractivity contribution in [3.8, 4) is 0 Å². The molecule has 0 fully saturated rings. The van der Waals surface area contributed by atoms with Crippen LogP contribution in [0, 0.1) is 0 Å². The van der Waals surface area contributed by atoms with E-state index < -0.39 is 0 Å². The third kappa shape index (κ3) is 6.94. The molecular weight excluding hydrogens is 240 g/mol. The highest BCUT2D eigenvalue weighted by Crippen LogP contribution is 2.03. The van der Waals surface area contributed by atoms with Crippen molar-refractivity contribution in [1.29, 1.82) is 0 Å². The molecular formula is C15H24N2O2. The Kier molecular flexibility index (Phi) is 5.99. The molecule has 0 bridgehead atoms.